The van der Waals surface area contributed by atoms with E-state index in [1.807, 2.05) is 12.1 Å². The fourth-order valence-corrected chi connectivity index (χ4v) is 2.61. The molecule has 0 saturated carbocycles. The molecular formula is C16H18ClN3O2. The minimum absolute atomic E-state index is 0.258. The molecule has 6 heteroatoms. The molecule has 0 fully saturated rings. The fourth-order valence-electron chi connectivity index (χ4n) is 2.40. The molecule has 3 rings (SSSR count). The highest BCUT2D eigenvalue weighted by Crippen LogP contribution is 2.37. The summed E-state index contributed by atoms with van der Waals surface area (Å²) in [6, 6.07) is 4.09. The second kappa shape index (κ2) is 6.50. The van der Waals surface area contributed by atoms with Crippen molar-refractivity contribution in [2.24, 2.45) is 0 Å². The Labute approximate surface area is 134 Å². The van der Waals surface area contributed by atoms with Crippen LogP contribution >= 0.6 is 11.6 Å². The Morgan fingerprint density at radius 2 is 2.05 bits per heavy atom. The quantitative estimate of drug-likeness (QED) is 0.848. The zero-order chi connectivity index (χ0) is 15.5. The summed E-state index contributed by atoms with van der Waals surface area (Å²) < 4.78 is 10.7. The summed E-state index contributed by atoms with van der Waals surface area (Å²) in [6.07, 6.45) is 6.05. The number of ether oxygens (including phenoxy) is 2. The molecule has 1 atom stereocenters. The molecular weight excluding hydrogens is 302 g/mol. The van der Waals surface area contributed by atoms with E-state index in [1.165, 1.54) is 0 Å². The van der Waals surface area contributed by atoms with Gasteiger partial charge in [-0.05, 0) is 25.6 Å². The van der Waals surface area contributed by atoms with Gasteiger partial charge in [0.25, 0.3) is 0 Å². The predicted molar refractivity (Wildman–Crippen MR) is 84.2 cm³/mol. The van der Waals surface area contributed by atoms with Crippen molar-refractivity contribution in [3.8, 4) is 11.5 Å². The van der Waals surface area contributed by atoms with E-state index in [2.05, 4.69) is 28.8 Å². The Balaban J connectivity index is 1.67. The lowest BCUT2D eigenvalue weighted by Gasteiger charge is -2.25. The number of rotatable bonds is 5. The first kappa shape index (κ1) is 15.1. The average Bonchev–Trinajstić information content (AvgIpc) is 2.95. The Morgan fingerprint density at radius 1 is 1.27 bits per heavy atom. The van der Waals surface area contributed by atoms with Gasteiger partial charge in [-0.2, -0.15) is 0 Å². The van der Waals surface area contributed by atoms with Crippen LogP contribution in [0.15, 0.2) is 30.7 Å². The summed E-state index contributed by atoms with van der Waals surface area (Å²) in [4.78, 5) is 10.7. The number of likely N-dealkylation sites (N-methyl/N-ethyl adjacent to an activating group) is 1. The maximum Gasteiger partial charge on any atom is 0.231 e. The lowest BCUT2D eigenvalue weighted by Crippen LogP contribution is -2.30. The van der Waals surface area contributed by atoms with E-state index in [0.29, 0.717) is 16.8 Å². The minimum atomic E-state index is 0.258. The van der Waals surface area contributed by atoms with Crippen molar-refractivity contribution in [2.75, 3.05) is 13.8 Å². The molecule has 1 aromatic heterocycles. The highest BCUT2D eigenvalue weighted by Gasteiger charge is 2.19. The van der Waals surface area contributed by atoms with E-state index in [1.54, 1.807) is 18.6 Å². The van der Waals surface area contributed by atoms with Gasteiger partial charge in [-0.3, -0.25) is 14.9 Å². The molecule has 0 aliphatic carbocycles. The third-order valence-corrected chi connectivity index (χ3v) is 4.19. The molecule has 1 aliphatic rings. The summed E-state index contributed by atoms with van der Waals surface area (Å²) in [5, 5.41) is 0.697. The normalized spacial score (nSPS) is 14.4. The first-order chi connectivity index (χ1) is 10.6. The number of hydrogen-bond acceptors (Lipinski definition) is 5. The SMILES string of the molecule is C[C@@H](Cc1cnccn1)N(C)Cc1cc2c(cc1Cl)OCO2. The van der Waals surface area contributed by atoms with Gasteiger partial charge < -0.3 is 9.47 Å². The van der Waals surface area contributed by atoms with Crippen LogP contribution < -0.4 is 9.47 Å². The van der Waals surface area contributed by atoms with Crippen molar-refractivity contribution in [1.29, 1.82) is 0 Å². The number of halogens is 1. The molecule has 0 spiro atoms. The van der Waals surface area contributed by atoms with Gasteiger partial charge >= 0.3 is 0 Å². The number of benzene rings is 1. The minimum Gasteiger partial charge on any atom is -0.454 e. The monoisotopic (exact) mass is 319 g/mol. The van der Waals surface area contributed by atoms with Crippen LogP contribution in [0.1, 0.15) is 18.2 Å². The summed E-state index contributed by atoms with van der Waals surface area (Å²) in [5.41, 5.74) is 2.01. The van der Waals surface area contributed by atoms with E-state index in [0.717, 1.165) is 30.0 Å². The molecule has 0 bridgehead atoms. The molecule has 5 nitrogen and oxygen atoms in total. The van der Waals surface area contributed by atoms with Crippen LogP contribution in [0, 0.1) is 0 Å². The first-order valence-electron chi connectivity index (χ1n) is 7.16. The highest BCUT2D eigenvalue weighted by molar-refractivity contribution is 6.31. The number of fused-ring (bicyclic) bond motifs is 1. The van der Waals surface area contributed by atoms with Crippen LogP contribution in [0.3, 0.4) is 0 Å². The van der Waals surface area contributed by atoms with Crippen LogP contribution in [0.2, 0.25) is 5.02 Å². The van der Waals surface area contributed by atoms with Gasteiger partial charge in [-0.15, -0.1) is 0 Å². The molecule has 0 unspecified atom stereocenters. The van der Waals surface area contributed by atoms with Gasteiger partial charge in [-0.25, -0.2) is 0 Å². The lowest BCUT2D eigenvalue weighted by atomic mass is 10.1. The summed E-state index contributed by atoms with van der Waals surface area (Å²) in [6.45, 7) is 3.15. The molecule has 0 N–H and O–H groups in total. The molecule has 1 aromatic carbocycles. The number of hydrogen-bond donors (Lipinski definition) is 0. The molecule has 116 valence electrons. The van der Waals surface area contributed by atoms with Crippen LogP contribution in [0.25, 0.3) is 0 Å². The van der Waals surface area contributed by atoms with Crippen LogP contribution in [-0.2, 0) is 13.0 Å². The molecule has 22 heavy (non-hydrogen) atoms. The lowest BCUT2D eigenvalue weighted by molar-refractivity contribution is 0.174. The molecule has 0 amide bonds. The second-order valence-corrected chi connectivity index (χ2v) is 5.87. The fraction of sp³-hybridized carbons (Fsp3) is 0.375. The Bertz CT molecular complexity index is 651. The largest absolute Gasteiger partial charge is 0.454 e. The standard InChI is InChI=1S/C16H18ClN3O2/c1-11(5-13-8-18-3-4-19-13)20(2)9-12-6-15-16(7-14(12)17)22-10-21-15/h3-4,6-8,11H,5,9-10H2,1-2H3/t11-/m0/s1. The van der Waals surface area contributed by atoms with Crippen LogP contribution in [0.4, 0.5) is 0 Å². The third kappa shape index (κ3) is 3.31. The summed E-state index contributed by atoms with van der Waals surface area (Å²) in [5.74, 6) is 1.47. The molecule has 2 heterocycles. The molecule has 2 aromatic rings. The van der Waals surface area contributed by atoms with Crippen molar-refractivity contribution in [1.82, 2.24) is 14.9 Å². The van der Waals surface area contributed by atoms with Gasteiger partial charge in [0.2, 0.25) is 6.79 Å². The van der Waals surface area contributed by atoms with Gasteiger partial charge in [0, 0.05) is 48.7 Å². The van der Waals surface area contributed by atoms with Crippen molar-refractivity contribution in [3.63, 3.8) is 0 Å². The van der Waals surface area contributed by atoms with E-state index >= 15 is 0 Å². The van der Waals surface area contributed by atoms with E-state index in [4.69, 9.17) is 21.1 Å². The second-order valence-electron chi connectivity index (χ2n) is 5.46. The van der Waals surface area contributed by atoms with E-state index in [9.17, 15) is 0 Å². The zero-order valence-corrected chi connectivity index (χ0v) is 13.4. The van der Waals surface area contributed by atoms with Gasteiger partial charge in [0.1, 0.15) is 0 Å². The smallest absolute Gasteiger partial charge is 0.231 e. The predicted octanol–water partition coefficient (Wildman–Crippen LogP) is 2.92. The first-order valence-corrected chi connectivity index (χ1v) is 7.54. The Kier molecular flexibility index (Phi) is 4.45. The Morgan fingerprint density at radius 3 is 2.77 bits per heavy atom. The molecule has 0 saturated heterocycles. The van der Waals surface area contributed by atoms with Crippen molar-refractivity contribution in [3.05, 3.63) is 47.0 Å². The van der Waals surface area contributed by atoms with E-state index in [-0.39, 0.29) is 6.79 Å². The van der Waals surface area contributed by atoms with Gasteiger partial charge in [0.15, 0.2) is 11.5 Å². The molecule has 0 radical (unpaired) electrons. The number of aromatic nitrogens is 2. The van der Waals surface area contributed by atoms with Crippen molar-refractivity contribution < 1.29 is 9.47 Å². The van der Waals surface area contributed by atoms with Crippen LogP contribution in [0.5, 0.6) is 11.5 Å². The summed E-state index contributed by atoms with van der Waals surface area (Å²) >= 11 is 6.33. The summed E-state index contributed by atoms with van der Waals surface area (Å²) in [7, 11) is 2.07. The third-order valence-electron chi connectivity index (χ3n) is 3.84. The zero-order valence-electron chi connectivity index (χ0n) is 12.6. The highest BCUT2D eigenvalue weighted by atomic mass is 35.5. The van der Waals surface area contributed by atoms with Gasteiger partial charge in [-0.1, -0.05) is 11.6 Å². The van der Waals surface area contributed by atoms with Gasteiger partial charge in [0.05, 0.1) is 5.69 Å². The van der Waals surface area contributed by atoms with Crippen LogP contribution in [-0.4, -0.2) is 34.8 Å². The maximum absolute atomic E-state index is 6.33. The van der Waals surface area contributed by atoms with Crippen molar-refractivity contribution >= 4 is 11.6 Å². The topological polar surface area (TPSA) is 47.5 Å². The Hall–Kier alpha value is -1.85. The van der Waals surface area contributed by atoms with Crippen molar-refractivity contribution in [2.45, 2.75) is 25.9 Å². The average molecular weight is 320 g/mol. The molecule has 1 aliphatic heterocycles. The maximum atomic E-state index is 6.33. The number of nitrogens with zero attached hydrogens (tertiary/aromatic N) is 3. The van der Waals surface area contributed by atoms with E-state index < -0.39 is 0 Å².